The Bertz CT molecular complexity index is 366. The molecular weight excluding hydrogens is 154 g/mol. The maximum atomic E-state index is 5.40. The van der Waals surface area contributed by atoms with Crippen LogP contribution < -0.4 is 5.73 Å². The van der Waals surface area contributed by atoms with Crippen molar-refractivity contribution in [2.75, 3.05) is 5.73 Å². The van der Waals surface area contributed by atoms with Crippen LogP contribution in [0.4, 0.5) is 5.82 Å². The lowest BCUT2D eigenvalue weighted by Crippen LogP contribution is -1.99. The molecule has 2 heterocycles. The molecule has 0 saturated heterocycles. The minimum absolute atomic E-state index is 0.402. The molecule has 0 atom stereocenters. The summed E-state index contributed by atoms with van der Waals surface area (Å²) in [6, 6.07) is 3.67. The van der Waals surface area contributed by atoms with Crippen LogP contribution >= 0.6 is 0 Å². The second-order valence-corrected chi connectivity index (χ2v) is 2.27. The molecule has 0 fully saturated rings. The van der Waals surface area contributed by atoms with E-state index in [1.54, 1.807) is 12.4 Å². The largest absolute Gasteiger partial charge is 0.381 e. The lowest BCUT2D eigenvalue weighted by Gasteiger charge is -1.95. The van der Waals surface area contributed by atoms with Crippen molar-refractivity contribution in [2.24, 2.45) is 0 Å². The lowest BCUT2D eigenvalue weighted by atomic mass is 10.4. The van der Waals surface area contributed by atoms with E-state index < -0.39 is 0 Å². The summed E-state index contributed by atoms with van der Waals surface area (Å²) in [7, 11) is 0. The summed E-state index contributed by atoms with van der Waals surface area (Å²) in [6.45, 7) is 0. The fraction of sp³-hybridized carbons (Fsp3) is 0. The fourth-order valence-electron chi connectivity index (χ4n) is 0.871. The van der Waals surface area contributed by atoms with Crippen molar-refractivity contribution in [2.45, 2.75) is 0 Å². The molecule has 12 heavy (non-hydrogen) atoms. The lowest BCUT2D eigenvalue weighted by molar-refractivity contribution is 0.751. The number of hydrogen-bond donors (Lipinski definition) is 1. The van der Waals surface area contributed by atoms with Crippen LogP contribution in [-0.4, -0.2) is 20.0 Å². The van der Waals surface area contributed by atoms with Crippen LogP contribution in [0, 0.1) is 0 Å². The van der Waals surface area contributed by atoms with E-state index in [9.17, 15) is 0 Å². The third kappa shape index (κ3) is 1.12. The Morgan fingerprint density at radius 3 is 2.83 bits per heavy atom. The SMILES string of the molecule is Nc1cnn(-c2cccnc2)n1. The Kier molecular flexibility index (Phi) is 1.48. The van der Waals surface area contributed by atoms with Gasteiger partial charge in [0.25, 0.3) is 0 Å². The predicted molar refractivity (Wildman–Crippen MR) is 43.6 cm³/mol. The number of nitrogens with two attached hydrogens (primary N) is 1. The van der Waals surface area contributed by atoms with Gasteiger partial charge in [0, 0.05) is 6.20 Å². The summed E-state index contributed by atoms with van der Waals surface area (Å²) >= 11 is 0. The number of nitrogen functional groups attached to an aromatic ring is 1. The van der Waals surface area contributed by atoms with Crippen molar-refractivity contribution in [3.8, 4) is 5.69 Å². The van der Waals surface area contributed by atoms with Gasteiger partial charge in [-0.2, -0.15) is 5.10 Å². The van der Waals surface area contributed by atoms with Gasteiger partial charge in [0.1, 0.15) is 5.69 Å². The molecule has 0 bridgehead atoms. The van der Waals surface area contributed by atoms with E-state index >= 15 is 0 Å². The molecule has 0 unspecified atom stereocenters. The Balaban J connectivity index is 2.45. The molecule has 2 N–H and O–H groups in total. The number of rotatable bonds is 1. The maximum absolute atomic E-state index is 5.40. The molecule has 5 heteroatoms. The molecule has 5 nitrogen and oxygen atoms in total. The van der Waals surface area contributed by atoms with Crippen LogP contribution in [-0.2, 0) is 0 Å². The zero-order chi connectivity index (χ0) is 8.39. The minimum atomic E-state index is 0.402. The Hall–Kier alpha value is -1.91. The number of pyridine rings is 1. The highest BCUT2D eigenvalue weighted by atomic mass is 15.5. The van der Waals surface area contributed by atoms with E-state index in [1.165, 1.54) is 11.0 Å². The van der Waals surface area contributed by atoms with Crippen LogP contribution in [0.1, 0.15) is 0 Å². The summed E-state index contributed by atoms with van der Waals surface area (Å²) in [5, 5.41) is 7.85. The van der Waals surface area contributed by atoms with Crippen molar-refractivity contribution in [1.29, 1.82) is 0 Å². The van der Waals surface area contributed by atoms with Gasteiger partial charge in [-0.25, -0.2) is 0 Å². The van der Waals surface area contributed by atoms with Gasteiger partial charge < -0.3 is 5.73 Å². The molecule has 0 saturated carbocycles. The van der Waals surface area contributed by atoms with Crippen molar-refractivity contribution in [1.82, 2.24) is 20.0 Å². The number of anilines is 1. The first-order valence-electron chi connectivity index (χ1n) is 3.44. The molecule has 0 radical (unpaired) electrons. The minimum Gasteiger partial charge on any atom is -0.381 e. The summed E-state index contributed by atoms with van der Waals surface area (Å²) in [5.74, 6) is 0.402. The first kappa shape index (κ1) is 6.78. The topological polar surface area (TPSA) is 69.6 Å². The standard InChI is InChI=1S/C7H7N5/c8-7-5-10-12(11-7)6-2-1-3-9-4-6/h1-5H,(H2,8,11). The van der Waals surface area contributed by atoms with Crippen LogP contribution in [0.25, 0.3) is 5.69 Å². The van der Waals surface area contributed by atoms with E-state index in [4.69, 9.17) is 5.73 Å². The quantitative estimate of drug-likeness (QED) is 0.650. The van der Waals surface area contributed by atoms with E-state index in [0.29, 0.717) is 5.82 Å². The fourth-order valence-corrected chi connectivity index (χ4v) is 0.871. The Morgan fingerprint density at radius 2 is 2.25 bits per heavy atom. The van der Waals surface area contributed by atoms with Crippen molar-refractivity contribution in [3.05, 3.63) is 30.7 Å². The predicted octanol–water partition coefficient (Wildman–Crippen LogP) is 0.244. The van der Waals surface area contributed by atoms with E-state index in [1.807, 2.05) is 12.1 Å². The van der Waals surface area contributed by atoms with Crippen molar-refractivity contribution < 1.29 is 0 Å². The molecule has 0 spiro atoms. The van der Waals surface area contributed by atoms with Gasteiger partial charge in [-0.1, -0.05) is 0 Å². The summed E-state index contributed by atoms with van der Waals surface area (Å²) in [5.41, 5.74) is 6.20. The Morgan fingerprint density at radius 1 is 1.33 bits per heavy atom. The van der Waals surface area contributed by atoms with Gasteiger partial charge in [-0.15, -0.1) is 9.90 Å². The first-order chi connectivity index (χ1) is 5.86. The first-order valence-corrected chi connectivity index (χ1v) is 3.44. The highest BCUT2D eigenvalue weighted by Crippen LogP contribution is 2.02. The van der Waals surface area contributed by atoms with Crippen molar-refractivity contribution >= 4 is 5.82 Å². The van der Waals surface area contributed by atoms with E-state index in [0.717, 1.165) is 5.69 Å². The zero-order valence-electron chi connectivity index (χ0n) is 6.25. The monoisotopic (exact) mass is 161 g/mol. The van der Waals surface area contributed by atoms with Crippen LogP contribution in [0.3, 0.4) is 0 Å². The summed E-state index contributed by atoms with van der Waals surface area (Å²) in [6.07, 6.45) is 4.85. The normalized spacial score (nSPS) is 10.0. The molecular formula is C7H7N5. The molecule has 0 amide bonds. The Labute approximate surface area is 68.8 Å². The third-order valence-corrected chi connectivity index (χ3v) is 1.39. The molecule has 2 aromatic rings. The molecule has 0 aromatic carbocycles. The molecule has 2 aromatic heterocycles. The van der Waals surface area contributed by atoms with Gasteiger partial charge in [0.05, 0.1) is 12.4 Å². The average Bonchev–Trinajstić information content (AvgIpc) is 2.54. The average molecular weight is 161 g/mol. The summed E-state index contributed by atoms with van der Waals surface area (Å²) < 4.78 is 0. The van der Waals surface area contributed by atoms with Gasteiger partial charge in [0.15, 0.2) is 5.82 Å². The number of nitrogens with zero attached hydrogens (tertiary/aromatic N) is 4. The van der Waals surface area contributed by atoms with E-state index in [-0.39, 0.29) is 0 Å². The zero-order valence-corrected chi connectivity index (χ0v) is 6.25. The highest BCUT2D eigenvalue weighted by Gasteiger charge is 1.97. The van der Waals surface area contributed by atoms with E-state index in [2.05, 4.69) is 15.2 Å². The van der Waals surface area contributed by atoms with Crippen LogP contribution in [0.5, 0.6) is 0 Å². The van der Waals surface area contributed by atoms with Crippen molar-refractivity contribution in [3.63, 3.8) is 0 Å². The molecule has 0 aliphatic carbocycles. The number of aromatic nitrogens is 4. The maximum Gasteiger partial charge on any atom is 0.166 e. The van der Waals surface area contributed by atoms with Gasteiger partial charge in [0.2, 0.25) is 0 Å². The molecule has 2 rings (SSSR count). The molecule has 0 aliphatic heterocycles. The van der Waals surface area contributed by atoms with Gasteiger partial charge in [-0.3, -0.25) is 4.98 Å². The van der Waals surface area contributed by atoms with Gasteiger partial charge >= 0.3 is 0 Å². The van der Waals surface area contributed by atoms with Crippen LogP contribution in [0.15, 0.2) is 30.7 Å². The summed E-state index contributed by atoms with van der Waals surface area (Å²) in [4.78, 5) is 5.36. The third-order valence-electron chi connectivity index (χ3n) is 1.39. The second-order valence-electron chi connectivity index (χ2n) is 2.27. The van der Waals surface area contributed by atoms with Gasteiger partial charge in [-0.05, 0) is 12.1 Å². The smallest absolute Gasteiger partial charge is 0.166 e. The molecule has 0 aliphatic rings. The highest BCUT2D eigenvalue weighted by molar-refractivity contribution is 5.28. The van der Waals surface area contributed by atoms with Crippen LogP contribution in [0.2, 0.25) is 0 Å². The number of hydrogen-bond acceptors (Lipinski definition) is 4. The molecule has 60 valence electrons. The second kappa shape index (κ2) is 2.61.